The molecule has 2 aliphatic rings. The zero-order chi connectivity index (χ0) is 17.2. The van der Waals surface area contributed by atoms with Crippen LogP contribution in [0.1, 0.15) is 12.0 Å². The van der Waals surface area contributed by atoms with E-state index in [1.54, 1.807) is 0 Å². The molecule has 1 aromatic rings. The molecule has 2 aliphatic heterocycles. The van der Waals surface area contributed by atoms with Gasteiger partial charge >= 0.3 is 6.03 Å². The first kappa shape index (κ1) is 17.2. The van der Waals surface area contributed by atoms with Crippen LogP contribution in [0, 0.1) is 0 Å². The number of nitrogens with zero attached hydrogens (tertiary/aromatic N) is 2. The van der Waals surface area contributed by atoms with Gasteiger partial charge in [-0.15, -0.1) is 0 Å². The fraction of sp³-hybridized carbons (Fsp3) is 0.562. The molecule has 1 atom stereocenters. The molecule has 2 saturated heterocycles. The fourth-order valence-electron chi connectivity index (χ4n) is 3.23. The number of sulfonamides is 1. The summed E-state index contributed by atoms with van der Waals surface area (Å²) in [4.78, 5) is 16.3. The lowest BCUT2D eigenvalue weighted by Gasteiger charge is -2.28. The second-order valence-electron chi connectivity index (χ2n) is 6.38. The van der Waals surface area contributed by atoms with Crippen LogP contribution in [0.2, 0.25) is 0 Å². The molecule has 7 nitrogen and oxygen atoms in total. The first-order valence-electron chi connectivity index (χ1n) is 8.26. The van der Waals surface area contributed by atoms with Crippen molar-refractivity contribution in [2.45, 2.75) is 18.9 Å². The van der Waals surface area contributed by atoms with E-state index < -0.39 is 10.0 Å². The number of carbonyl (C=O) groups excluding carboxylic acids is 1. The predicted octanol–water partition coefficient (Wildman–Crippen LogP) is 0.382. The van der Waals surface area contributed by atoms with Gasteiger partial charge in [-0.25, -0.2) is 17.9 Å². The van der Waals surface area contributed by atoms with E-state index in [2.05, 4.69) is 10.0 Å². The quantitative estimate of drug-likeness (QED) is 0.726. The van der Waals surface area contributed by atoms with Gasteiger partial charge in [-0.2, -0.15) is 0 Å². The van der Waals surface area contributed by atoms with Gasteiger partial charge in [0.1, 0.15) is 0 Å². The molecular weight excluding hydrogens is 328 g/mol. The van der Waals surface area contributed by atoms with E-state index in [0.717, 1.165) is 56.5 Å². The number of urea groups is 1. The van der Waals surface area contributed by atoms with Crippen LogP contribution >= 0.6 is 0 Å². The largest absolute Gasteiger partial charge is 0.324 e. The van der Waals surface area contributed by atoms with Gasteiger partial charge < -0.3 is 10.2 Å². The van der Waals surface area contributed by atoms with Crippen molar-refractivity contribution in [2.75, 3.05) is 43.9 Å². The van der Waals surface area contributed by atoms with Crippen LogP contribution in [0.5, 0.6) is 0 Å². The summed E-state index contributed by atoms with van der Waals surface area (Å²) in [5.41, 5.74) is 2.06. The molecular formula is C16H24N4O3S. The minimum absolute atomic E-state index is 0.0894. The smallest absolute Gasteiger partial charge is 0.317 e. The Hall–Kier alpha value is -1.64. The lowest BCUT2D eigenvalue weighted by molar-refractivity contribution is 0.193. The summed E-state index contributed by atoms with van der Waals surface area (Å²) in [6.45, 7) is 3.65. The molecule has 3 rings (SSSR count). The van der Waals surface area contributed by atoms with Crippen LogP contribution in [-0.4, -0.2) is 64.4 Å². The zero-order valence-corrected chi connectivity index (χ0v) is 14.7. The standard InChI is InChI=1S/C16H24N4O3S/c1-24(22,23)18-8-2-3-13-4-6-14(7-5-13)20-12-15-11-17-9-10-19(15)16(20)21/h4-7,15,17-18H,2-3,8-12H2,1H3/t15-/m0/s1. The summed E-state index contributed by atoms with van der Waals surface area (Å²) in [6, 6.07) is 8.32. The average Bonchev–Trinajstić information content (AvgIpc) is 2.89. The van der Waals surface area contributed by atoms with Crippen LogP contribution < -0.4 is 14.9 Å². The van der Waals surface area contributed by atoms with Gasteiger partial charge in [-0.3, -0.25) is 4.90 Å². The number of hydrogen-bond acceptors (Lipinski definition) is 4. The minimum Gasteiger partial charge on any atom is -0.317 e. The van der Waals surface area contributed by atoms with Gasteiger partial charge in [0, 0.05) is 38.4 Å². The third-order valence-electron chi connectivity index (χ3n) is 4.47. The number of benzene rings is 1. The lowest BCUT2D eigenvalue weighted by Crippen LogP contribution is -2.49. The molecule has 0 spiro atoms. The molecule has 2 N–H and O–H groups in total. The summed E-state index contributed by atoms with van der Waals surface area (Å²) >= 11 is 0. The molecule has 0 aliphatic carbocycles. The highest BCUT2D eigenvalue weighted by molar-refractivity contribution is 7.88. The average molecular weight is 352 g/mol. The molecule has 1 aromatic carbocycles. The number of hydrogen-bond donors (Lipinski definition) is 2. The highest BCUT2D eigenvalue weighted by Crippen LogP contribution is 2.25. The van der Waals surface area contributed by atoms with Crippen LogP contribution in [0.15, 0.2) is 24.3 Å². The topological polar surface area (TPSA) is 81.8 Å². The zero-order valence-electron chi connectivity index (χ0n) is 13.9. The number of amides is 2. The Balaban J connectivity index is 1.56. The Morgan fingerprint density at radius 2 is 2.04 bits per heavy atom. The second-order valence-corrected chi connectivity index (χ2v) is 8.21. The maximum atomic E-state index is 12.5. The van der Waals surface area contributed by atoms with Gasteiger partial charge in [0.25, 0.3) is 0 Å². The van der Waals surface area contributed by atoms with E-state index in [-0.39, 0.29) is 12.1 Å². The Kier molecular flexibility index (Phi) is 5.07. The molecule has 2 heterocycles. The number of nitrogens with one attached hydrogen (secondary N) is 2. The summed E-state index contributed by atoms with van der Waals surface area (Å²) in [5.74, 6) is 0. The van der Waals surface area contributed by atoms with Gasteiger partial charge in [-0.05, 0) is 30.5 Å². The lowest BCUT2D eigenvalue weighted by atomic mass is 10.1. The minimum atomic E-state index is -3.12. The maximum absolute atomic E-state index is 12.5. The highest BCUT2D eigenvalue weighted by atomic mass is 32.2. The molecule has 0 radical (unpaired) electrons. The summed E-state index contributed by atoms with van der Waals surface area (Å²) < 4.78 is 24.5. The predicted molar refractivity (Wildman–Crippen MR) is 93.7 cm³/mol. The molecule has 132 valence electrons. The van der Waals surface area contributed by atoms with Gasteiger partial charge in [0.15, 0.2) is 0 Å². The summed E-state index contributed by atoms with van der Waals surface area (Å²) in [7, 11) is -3.12. The van der Waals surface area contributed by atoms with Crippen molar-refractivity contribution in [3.8, 4) is 0 Å². The van der Waals surface area contributed by atoms with Crippen LogP contribution in [0.3, 0.4) is 0 Å². The SMILES string of the molecule is CS(=O)(=O)NCCCc1ccc(N2C[C@@H]3CNCCN3C2=O)cc1. The Bertz CT molecular complexity index is 690. The van der Waals surface area contributed by atoms with Crippen molar-refractivity contribution >= 4 is 21.7 Å². The number of anilines is 1. The molecule has 2 amide bonds. The van der Waals surface area contributed by atoms with Crippen molar-refractivity contribution in [2.24, 2.45) is 0 Å². The second kappa shape index (κ2) is 7.08. The van der Waals surface area contributed by atoms with Crippen molar-refractivity contribution in [1.82, 2.24) is 14.9 Å². The summed E-state index contributed by atoms with van der Waals surface area (Å²) in [6.07, 6.45) is 2.71. The van der Waals surface area contributed by atoms with Gasteiger partial charge in [0.05, 0.1) is 12.3 Å². The number of rotatable bonds is 6. The monoisotopic (exact) mass is 352 g/mol. The van der Waals surface area contributed by atoms with E-state index in [4.69, 9.17) is 0 Å². The van der Waals surface area contributed by atoms with Gasteiger partial charge in [0.2, 0.25) is 10.0 Å². The van der Waals surface area contributed by atoms with E-state index in [0.29, 0.717) is 6.54 Å². The third-order valence-corrected chi connectivity index (χ3v) is 5.20. The molecule has 0 aromatic heterocycles. The van der Waals surface area contributed by atoms with E-state index >= 15 is 0 Å². The van der Waals surface area contributed by atoms with E-state index in [1.807, 2.05) is 34.1 Å². The van der Waals surface area contributed by atoms with Crippen molar-refractivity contribution < 1.29 is 13.2 Å². The first-order valence-corrected chi connectivity index (χ1v) is 10.2. The maximum Gasteiger partial charge on any atom is 0.324 e. The Morgan fingerprint density at radius 1 is 1.29 bits per heavy atom. The van der Waals surface area contributed by atoms with Crippen molar-refractivity contribution in [1.29, 1.82) is 0 Å². The highest BCUT2D eigenvalue weighted by Gasteiger charge is 2.38. The van der Waals surface area contributed by atoms with E-state index in [1.165, 1.54) is 0 Å². The number of carbonyl (C=O) groups is 1. The first-order chi connectivity index (χ1) is 11.4. The van der Waals surface area contributed by atoms with Gasteiger partial charge in [-0.1, -0.05) is 12.1 Å². The van der Waals surface area contributed by atoms with E-state index in [9.17, 15) is 13.2 Å². The van der Waals surface area contributed by atoms with Crippen LogP contribution in [0.4, 0.5) is 10.5 Å². The molecule has 0 unspecified atom stereocenters. The molecule has 24 heavy (non-hydrogen) atoms. The Morgan fingerprint density at radius 3 is 2.71 bits per heavy atom. The molecule has 8 heteroatoms. The Labute approximate surface area is 143 Å². The number of aryl methyl sites for hydroxylation is 1. The normalized spacial score (nSPS) is 21.2. The number of piperazine rings is 1. The summed E-state index contributed by atoms with van der Waals surface area (Å²) in [5, 5.41) is 3.33. The third kappa shape index (κ3) is 4.06. The van der Waals surface area contributed by atoms with Crippen molar-refractivity contribution in [3.05, 3.63) is 29.8 Å². The molecule has 2 fully saturated rings. The fourth-order valence-corrected chi connectivity index (χ4v) is 3.74. The van der Waals surface area contributed by atoms with Crippen LogP contribution in [-0.2, 0) is 16.4 Å². The van der Waals surface area contributed by atoms with Crippen LogP contribution in [0.25, 0.3) is 0 Å². The molecule has 0 bridgehead atoms. The van der Waals surface area contributed by atoms with Crippen molar-refractivity contribution in [3.63, 3.8) is 0 Å². The number of fused-ring (bicyclic) bond motifs is 1. The molecule has 0 saturated carbocycles.